The molecule has 0 heterocycles. The second-order valence-electron chi connectivity index (χ2n) is 31.0. The Morgan fingerprint density at radius 3 is 1.05 bits per heavy atom. The molecular weight excluding hydrogens is 1600 g/mol. The zero-order valence-electron chi connectivity index (χ0n) is 71.4. The number of aliphatic carboxylic acids is 2. The highest BCUT2D eigenvalue weighted by Crippen LogP contribution is 2.18. The van der Waals surface area contributed by atoms with Crippen LogP contribution in [0.4, 0.5) is 0 Å². The second kappa shape index (κ2) is 59.0. The maximum absolute atomic E-state index is 14.9. The standard InChI is InChI=1S/C80H135N25O17.CH4/c1-9-46(7)63(75(119)97-52(29-18-20-36-82)67(111)102-59(43-61(107)108)73(117)101-58(42-49-26-15-12-16-27-49)72(116)100-57(40-44(3)4)71(115)99-56(77(121)122)32-23-39-93-80(89)90)104-69(113)54(31-22-38-92-79(87)88)96-68(112)55(33-34-60(84)106)98-74(118)62(45(5)6)103-76(120)64(47(8)10-2)105-70(114)53(30-21-37-91-78(85)86)95-66(110)51(28-17-19-35-81)94-65(109)50(83)41-48-24-13-11-14-25-48;/h11-16,24-27,44-47,50-59,62-64H,9-10,17-23,28-43,81-83H2,1-8H3,(H2,84,106)(H,94,109)(H,95,110)(H,96,112)(H,97,119)(H,98,118)(H,99,115)(H,100,116)(H,101,117)(H,102,111)(H,103,120)(H,104,113)(H,105,114)(H,107,108)(H,121,122)(H4,85,86,91)(H4,87,88,92)(H4,89,90,93);1H4. The quantitative estimate of drug-likeness (QED) is 0.0172. The van der Waals surface area contributed by atoms with Gasteiger partial charge in [0.25, 0.3) is 0 Å². The Hall–Kier alpha value is -11.8. The lowest BCUT2D eigenvalue weighted by Crippen LogP contribution is -2.62. The number of carboxylic acids is 2. The lowest BCUT2D eigenvalue weighted by molar-refractivity contribution is -0.142. The van der Waals surface area contributed by atoms with Crippen LogP contribution in [-0.4, -0.2) is 228 Å². The zero-order valence-corrected chi connectivity index (χ0v) is 71.4. The van der Waals surface area contributed by atoms with Crippen LogP contribution in [0.2, 0.25) is 0 Å². The van der Waals surface area contributed by atoms with Crippen LogP contribution in [0, 0.1) is 23.7 Å². The second-order valence-corrected chi connectivity index (χ2v) is 31.0. The van der Waals surface area contributed by atoms with Crippen molar-refractivity contribution in [2.24, 2.45) is 96.0 Å². The Labute approximate surface area is 719 Å². The molecule has 0 aliphatic heterocycles. The smallest absolute Gasteiger partial charge is 0.326 e. The van der Waals surface area contributed by atoms with Crippen LogP contribution >= 0.6 is 0 Å². The molecule has 15 atom stereocenters. The SMILES string of the molecule is C.CCC(C)C(NC(=O)C(CCCN=C(N)N)NC(=O)C(CCC(N)=O)NC(=O)C(NC(=O)C(NC(=O)C(CCCN=C(N)N)NC(=O)C(CCCCN)NC(=O)C(N)Cc1ccccc1)C(C)CC)C(C)C)C(=O)NC(CCCCN)C(=O)NC(CC(=O)O)C(=O)NC(Cc1ccccc1)C(=O)NC(CC(C)C)C(=O)NC(CCCN=C(N)N)C(=O)O. The average molecular weight is 1740 g/mol. The fourth-order valence-corrected chi connectivity index (χ4v) is 12.6. The van der Waals surface area contributed by atoms with Crippen molar-refractivity contribution in [2.45, 2.75) is 270 Å². The molecule has 34 N–H and O–H groups in total. The first-order valence-corrected chi connectivity index (χ1v) is 41.4. The number of carbonyl (C=O) groups excluding carboxylic acids is 13. The summed E-state index contributed by atoms with van der Waals surface area (Å²) in [5, 5.41) is 51.6. The minimum atomic E-state index is -1.95. The number of benzene rings is 2. The predicted octanol–water partition coefficient (Wildman–Crippen LogP) is -3.71. The maximum atomic E-state index is 14.9. The summed E-state index contributed by atoms with van der Waals surface area (Å²) in [6.45, 7) is 13.7. The Bertz CT molecular complexity index is 3790. The third-order valence-electron chi connectivity index (χ3n) is 19.9. The van der Waals surface area contributed by atoms with Crippen LogP contribution in [0.1, 0.15) is 190 Å². The summed E-state index contributed by atoms with van der Waals surface area (Å²) >= 11 is 0. The van der Waals surface area contributed by atoms with Crippen molar-refractivity contribution in [3.8, 4) is 0 Å². The minimum Gasteiger partial charge on any atom is -0.481 e. The van der Waals surface area contributed by atoms with Gasteiger partial charge in [0.05, 0.1) is 12.5 Å². The number of carboxylic acid groups (broad SMARTS) is 2. The van der Waals surface area contributed by atoms with Crippen molar-refractivity contribution < 1.29 is 82.1 Å². The summed E-state index contributed by atoms with van der Waals surface area (Å²) in [5.41, 5.74) is 58.0. The minimum absolute atomic E-state index is 0. The molecule has 123 heavy (non-hydrogen) atoms. The first kappa shape index (κ1) is 109. The number of primary amides is 1. The molecule has 42 nitrogen and oxygen atoms in total. The van der Waals surface area contributed by atoms with Crippen LogP contribution in [-0.2, 0) is 84.8 Å². The molecule has 0 fully saturated rings. The number of nitrogens with one attached hydrogen (secondary N) is 12. The van der Waals surface area contributed by atoms with E-state index in [4.69, 9.17) is 57.3 Å². The van der Waals surface area contributed by atoms with E-state index in [1.807, 2.05) is 6.07 Å². The number of rotatable bonds is 61. The van der Waals surface area contributed by atoms with E-state index in [2.05, 4.69) is 78.8 Å². The first-order valence-electron chi connectivity index (χ1n) is 41.4. The van der Waals surface area contributed by atoms with Crippen molar-refractivity contribution in [3.05, 3.63) is 71.8 Å². The van der Waals surface area contributed by atoms with Crippen LogP contribution < -0.4 is 121 Å². The van der Waals surface area contributed by atoms with E-state index in [9.17, 15) is 82.1 Å². The van der Waals surface area contributed by atoms with Crippen LogP contribution in [0.25, 0.3) is 0 Å². The van der Waals surface area contributed by atoms with Gasteiger partial charge in [-0.05, 0) is 144 Å². The summed E-state index contributed by atoms with van der Waals surface area (Å²) in [7, 11) is 0. The molecule has 42 heteroatoms. The Morgan fingerprint density at radius 1 is 0.358 bits per heavy atom. The molecule has 690 valence electrons. The molecule has 2 aromatic carbocycles. The third-order valence-corrected chi connectivity index (χ3v) is 19.9. The zero-order chi connectivity index (χ0) is 91.7. The van der Waals surface area contributed by atoms with Gasteiger partial charge in [0.1, 0.15) is 72.5 Å². The van der Waals surface area contributed by atoms with Crippen LogP contribution in [0.3, 0.4) is 0 Å². The number of carbonyl (C=O) groups is 15. The van der Waals surface area contributed by atoms with Crippen molar-refractivity contribution in [3.63, 3.8) is 0 Å². The van der Waals surface area contributed by atoms with Crippen molar-refractivity contribution in [1.29, 1.82) is 0 Å². The van der Waals surface area contributed by atoms with Gasteiger partial charge >= 0.3 is 11.9 Å². The van der Waals surface area contributed by atoms with Gasteiger partial charge in [0.2, 0.25) is 76.8 Å². The normalized spacial score (nSPS) is 14.7. The number of nitrogens with two attached hydrogens (primary N) is 10. The number of nitrogens with zero attached hydrogens (tertiary/aromatic N) is 3. The molecule has 13 amide bonds. The fraction of sp³-hybridized carbons (Fsp3) is 0.630. The molecule has 0 aliphatic carbocycles. The summed E-state index contributed by atoms with van der Waals surface area (Å²) in [5.74, 6) is -18.3. The molecule has 0 saturated heterocycles. The van der Waals surface area contributed by atoms with Crippen molar-refractivity contribution in [1.82, 2.24) is 63.8 Å². The van der Waals surface area contributed by atoms with Crippen LogP contribution in [0.15, 0.2) is 75.6 Å². The predicted molar refractivity (Wildman–Crippen MR) is 465 cm³/mol. The lowest BCUT2D eigenvalue weighted by Gasteiger charge is -2.31. The molecule has 0 aromatic heterocycles. The highest BCUT2D eigenvalue weighted by molar-refractivity contribution is 6.01. The molecule has 2 aromatic rings. The monoisotopic (exact) mass is 1730 g/mol. The fourth-order valence-electron chi connectivity index (χ4n) is 12.6. The van der Waals surface area contributed by atoms with Gasteiger partial charge in [-0.1, -0.05) is 136 Å². The molecule has 15 unspecified atom stereocenters. The van der Waals surface area contributed by atoms with Gasteiger partial charge in [-0.15, -0.1) is 0 Å². The van der Waals surface area contributed by atoms with E-state index in [-0.39, 0.29) is 154 Å². The van der Waals surface area contributed by atoms with Gasteiger partial charge in [-0.3, -0.25) is 82.1 Å². The third kappa shape index (κ3) is 43.5. The van der Waals surface area contributed by atoms with E-state index in [1.165, 1.54) is 0 Å². The highest BCUT2D eigenvalue weighted by atomic mass is 16.4. The molecule has 0 radical (unpaired) electrons. The van der Waals surface area contributed by atoms with E-state index in [0.717, 1.165) is 5.56 Å². The van der Waals surface area contributed by atoms with Gasteiger partial charge in [-0.2, -0.15) is 0 Å². The summed E-state index contributed by atoms with van der Waals surface area (Å²) in [6.07, 6.45) is -0.524. The van der Waals surface area contributed by atoms with E-state index < -0.39 is 204 Å². The van der Waals surface area contributed by atoms with Gasteiger partial charge < -0.3 is 131 Å². The number of hydrogen-bond acceptors (Lipinski definition) is 21. The van der Waals surface area contributed by atoms with Gasteiger partial charge in [0, 0.05) is 32.5 Å². The molecule has 0 saturated carbocycles. The molecule has 0 spiro atoms. The van der Waals surface area contributed by atoms with Crippen molar-refractivity contribution in [2.75, 3.05) is 32.7 Å². The number of amides is 13. The largest absolute Gasteiger partial charge is 0.481 e. The Kier molecular flexibility index (Phi) is 52.4. The summed E-state index contributed by atoms with van der Waals surface area (Å²) < 4.78 is 0. The molecule has 0 aliphatic rings. The average Bonchev–Trinajstić information content (AvgIpc) is 0.831. The first-order chi connectivity index (χ1) is 57.7. The van der Waals surface area contributed by atoms with E-state index in [0.29, 0.717) is 24.8 Å². The number of aliphatic imine (C=N–C) groups is 3. The summed E-state index contributed by atoms with van der Waals surface area (Å²) in [6, 6.07) is -1.97. The molecule has 0 bridgehead atoms. The maximum Gasteiger partial charge on any atom is 0.326 e. The summed E-state index contributed by atoms with van der Waals surface area (Å²) in [4.78, 5) is 223. The Balaban J connectivity index is 0.0000756. The van der Waals surface area contributed by atoms with Gasteiger partial charge in [0.15, 0.2) is 17.9 Å². The van der Waals surface area contributed by atoms with E-state index >= 15 is 0 Å². The van der Waals surface area contributed by atoms with Crippen LogP contribution in [0.5, 0.6) is 0 Å². The Morgan fingerprint density at radius 2 is 0.667 bits per heavy atom. The topological polar surface area (TPSA) is 738 Å². The van der Waals surface area contributed by atoms with Gasteiger partial charge in [-0.25, -0.2) is 4.79 Å². The number of hydrogen-bond donors (Lipinski definition) is 24. The molecular formula is C81H139N25O17. The van der Waals surface area contributed by atoms with Crippen molar-refractivity contribution >= 4 is 107 Å². The molecule has 2 rings (SSSR count). The highest BCUT2D eigenvalue weighted by Gasteiger charge is 2.40. The number of unbranched alkanes of at least 4 members (excludes halogenated alkanes) is 2. The van der Waals surface area contributed by atoms with E-state index in [1.54, 1.807) is 110 Å². The number of guanidine groups is 3. The lowest BCUT2D eigenvalue weighted by atomic mass is 9.95.